The SMILES string of the molecule is O=C(Nc1ccc([N+](=O)[O-])cc1)C1[C@H]2CC[C@@H]3[C@H](CC[C@@H]12)C3(Cl)Cl. The summed E-state index contributed by atoms with van der Waals surface area (Å²) in [7, 11) is 0. The number of amides is 1. The Labute approximate surface area is 149 Å². The van der Waals surface area contributed by atoms with E-state index in [9.17, 15) is 14.9 Å². The van der Waals surface area contributed by atoms with Crippen molar-refractivity contribution in [1.82, 2.24) is 0 Å². The van der Waals surface area contributed by atoms with Crippen molar-refractivity contribution >= 4 is 40.5 Å². The van der Waals surface area contributed by atoms with Gasteiger partial charge < -0.3 is 5.32 Å². The summed E-state index contributed by atoms with van der Waals surface area (Å²) in [6.07, 6.45) is 4.01. The maximum atomic E-state index is 12.5. The summed E-state index contributed by atoms with van der Waals surface area (Å²) >= 11 is 12.6. The number of nitro groups is 1. The molecule has 7 heteroatoms. The second-order valence-corrected chi connectivity index (χ2v) is 8.63. The van der Waals surface area contributed by atoms with Gasteiger partial charge in [0, 0.05) is 23.7 Å². The first-order valence-electron chi connectivity index (χ1n) is 8.32. The third kappa shape index (κ3) is 2.68. The summed E-state index contributed by atoms with van der Waals surface area (Å²) in [5, 5.41) is 13.6. The Hall–Kier alpha value is -1.33. The van der Waals surface area contributed by atoms with E-state index in [1.54, 1.807) is 12.1 Å². The molecular formula is C17H18Cl2N2O3. The number of nitrogens with one attached hydrogen (secondary N) is 1. The van der Waals surface area contributed by atoms with Crippen LogP contribution in [0.1, 0.15) is 25.7 Å². The summed E-state index contributed by atoms with van der Waals surface area (Å²) in [6, 6.07) is 5.95. The molecule has 3 saturated carbocycles. The highest BCUT2D eigenvalue weighted by Gasteiger charge is 2.65. The molecule has 0 spiro atoms. The van der Waals surface area contributed by atoms with Crippen molar-refractivity contribution in [3.63, 3.8) is 0 Å². The van der Waals surface area contributed by atoms with Crippen molar-refractivity contribution in [2.75, 3.05) is 5.32 Å². The predicted molar refractivity (Wildman–Crippen MR) is 92.1 cm³/mol. The highest BCUT2D eigenvalue weighted by atomic mass is 35.5. The molecule has 5 nitrogen and oxygen atoms in total. The Bertz CT molecular complexity index is 670. The van der Waals surface area contributed by atoms with Gasteiger partial charge in [0.2, 0.25) is 5.91 Å². The van der Waals surface area contributed by atoms with E-state index in [-0.39, 0.29) is 17.5 Å². The van der Waals surface area contributed by atoms with Crippen molar-refractivity contribution in [3.8, 4) is 0 Å². The molecule has 0 bridgehead atoms. The second-order valence-electron chi connectivity index (χ2n) is 7.19. The Morgan fingerprint density at radius 2 is 1.62 bits per heavy atom. The van der Waals surface area contributed by atoms with E-state index in [0.29, 0.717) is 29.4 Å². The number of nitrogens with zero attached hydrogens (tertiary/aromatic N) is 1. The van der Waals surface area contributed by atoms with Gasteiger partial charge >= 0.3 is 0 Å². The number of carbonyl (C=O) groups is 1. The molecule has 0 aromatic heterocycles. The van der Waals surface area contributed by atoms with Crippen LogP contribution >= 0.6 is 23.2 Å². The Morgan fingerprint density at radius 3 is 2.12 bits per heavy atom. The summed E-state index contributed by atoms with van der Waals surface area (Å²) in [6.45, 7) is 0. The Morgan fingerprint density at radius 1 is 1.08 bits per heavy atom. The van der Waals surface area contributed by atoms with Crippen LogP contribution in [-0.4, -0.2) is 15.2 Å². The number of nitro benzene ring substituents is 1. The zero-order chi connectivity index (χ0) is 17.1. The fourth-order valence-electron chi connectivity index (χ4n) is 4.51. The van der Waals surface area contributed by atoms with Crippen molar-refractivity contribution in [2.24, 2.45) is 29.6 Å². The first kappa shape index (κ1) is 16.2. The molecule has 128 valence electrons. The maximum Gasteiger partial charge on any atom is 0.269 e. The molecule has 3 aliphatic rings. The molecule has 0 saturated heterocycles. The topological polar surface area (TPSA) is 72.2 Å². The molecular weight excluding hydrogens is 351 g/mol. The Balaban J connectivity index is 1.36. The van der Waals surface area contributed by atoms with E-state index in [2.05, 4.69) is 5.32 Å². The number of alkyl halides is 2. The van der Waals surface area contributed by atoms with Crippen LogP contribution in [0.25, 0.3) is 0 Å². The zero-order valence-electron chi connectivity index (χ0n) is 13.0. The van der Waals surface area contributed by atoms with Gasteiger partial charge in [-0.25, -0.2) is 0 Å². The molecule has 1 aromatic carbocycles. The summed E-state index contributed by atoms with van der Waals surface area (Å²) < 4.78 is -0.534. The number of carbonyl (C=O) groups excluding carboxylic acids is 1. The third-order valence-corrected chi connectivity index (χ3v) is 7.09. The van der Waals surface area contributed by atoms with Crippen LogP contribution in [0.5, 0.6) is 0 Å². The molecule has 0 heterocycles. The van der Waals surface area contributed by atoms with Crippen LogP contribution < -0.4 is 5.32 Å². The lowest BCUT2D eigenvalue weighted by molar-refractivity contribution is -0.384. The van der Waals surface area contributed by atoms with Crippen LogP contribution in [0, 0.1) is 39.7 Å². The number of anilines is 1. The van der Waals surface area contributed by atoms with E-state index < -0.39 is 9.26 Å². The minimum atomic E-state index is -0.534. The lowest BCUT2D eigenvalue weighted by Gasteiger charge is -2.05. The van der Waals surface area contributed by atoms with Crippen molar-refractivity contribution in [2.45, 2.75) is 30.0 Å². The lowest BCUT2D eigenvalue weighted by Crippen LogP contribution is -2.15. The molecule has 0 radical (unpaired) electrons. The first-order valence-corrected chi connectivity index (χ1v) is 9.08. The van der Waals surface area contributed by atoms with Gasteiger partial charge in [-0.15, -0.1) is 23.2 Å². The predicted octanol–water partition coefficient (Wildman–Crippen LogP) is 4.39. The largest absolute Gasteiger partial charge is 0.326 e. The van der Waals surface area contributed by atoms with Crippen LogP contribution in [-0.2, 0) is 4.79 Å². The number of rotatable bonds is 3. The highest BCUT2D eigenvalue weighted by molar-refractivity contribution is 6.51. The van der Waals surface area contributed by atoms with Crippen molar-refractivity contribution < 1.29 is 9.72 Å². The van der Waals surface area contributed by atoms with Gasteiger partial charge in [-0.2, -0.15) is 0 Å². The molecule has 1 aromatic rings. The molecule has 1 amide bonds. The number of halogens is 2. The van der Waals surface area contributed by atoms with Crippen LogP contribution in [0.3, 0.4) is 0 Å². The molecule has 4 rings (SSSR count). The van der Waals surface area contributed by atoms with Gasteiger partial charge in [-0.05, 0) is 61.5 Å². The molecule has 3 aliphatic carbocycles. The maximum absolute atomic E-state index is 12.5. The van der Waals surface area contributed by atoms with Crippen LogP contribution in [0.2, 0.25) is 0 Å². The molecule has 5 atom stereocenters. The lowest BCUT2D eigenvalue weighted by atomic mass is 10.0. The summed E-state index contributed by atoms with van der Waals surface area (Å²) in [5.74, 6) is 1.71. The Kier molecular flexibility index (Phi) is 3.77. The van der Waals surface area contributed by atoms with Gasteiger partial charge in [-0.3, -0.25) is 14.9 Å². The average Bonchev–Trinajstić information content (AvgIpc) is 3.32. The van der Waals surface area contributed by atoms with Gasteiger partial charge in [0.25, 0.3) is 5.69 Å². The minimum Gasteiger partial charge on any atom is -0.326 e. The number of non-ortho nitro benzene ring substituents is 1. The monoisotopic (exact) mass is 368 g/mol. The quantitative estimate of drug-likeness (QED) is 0.488. The van der Waals surface area contributed by atoms with E-state index in [1.807, 2.05) is 0 Å². The minimum absolute atomic E-state index is 0.0194. The summed E-state index contributed by atoms with van der Waals surface area (Å²) in [5.41, 5.74) is 0.624. The van der Waals surface area contributed by atoms with E-state index in [1.165, 1.54) is 12.1 Å². The van der Waals surface area contributed by atoms with E-state index in [0.717, 1.165) is 25.7 Å². The van der Waals surface area contributed by atoms with Crippen LogP contribution in [0.15, 0.2) is 24.3 Å². The van der Waals surface area contributed by atoms with Gasteiger partial charge in [0.05, 0.1) is 4.92 Å². The number of hydrogen-bond donors (Lipinski definition) is 1. The molecule has 24 heavy (non-hydrogen) atoms. The number of benzene rings is 1. The fourth-order valence-corrected chi connectivity index (χ4v) is 5.42. The summed E-state index contributed by atoms with van der Waals surface area (Å²) in [4.78, 5) is 22.7. The van der Waals surface area contributed by atoms with Gasteiger partial charge in [-0.1, -0.05) is 0 Å². The second kappa shape index (κ2) is 5.60. The normalized spacial score (nSPS) is 35.7. The van der Waals surface area contributed by atoms with E-state index in [4.69, 9.17) is 23.2 Å². The number of fused-ring (bicyclic) bond motifs is 2. The molecule has 1 N–H and O–H groups in total. The standard InChI is InChI=1S/C17H18Cl2N2O3/c18-17(19)13-7-5-11-12(6-8-14(13)17)15(11)16(22)20-9-1-3-10(4-2-9)21(23)24/h1-4,11-15H,5-8H2,(H,20,22)/t11-,12+,13+,14-,15?. The molecule has 0 aliphatic heterocycles. The number of hydrogen-bond acceptors (Lipinski definition) is 3. The third-order valence-electron chi connectivity index (χ3n) is 5.97. The van der Waals surface area contributed by atoms with Crippen molar-refractivity contribution in [3.05, 3.63) is 34.4 Å². The van der Waals surface area contributed by atoms with Crippen molar-refractivity contribution in [1.29, 1.82) is 0 Å². The average molecular weight is 369 g/mol. The first-order chi connectivity index (χ1) is 11.4. The van der Waals surface area contributed by atoms with Crippen LogP contribution in [0.4, 0.5) is 11.4 Å². The van der Waals surface area contributed by atoms with Gasteiger partial charge in [0.1, 0.15) is 4.33 Å². The highest BCUT2D eigenvalue weighted by Crippen LogP contribution is 2.67. The zero-order valence-corrected chi connectivity index (χ0v) is 14.5. The molecule has 1 unspecified atom stereocenters. The fraction of sp³-hybridized carbons (Fsp3) is 0.588. The van der Waals surface area contributed by atoms with E-state index >= 15 is 0 Å². The molecule has 3 fully saturated rings. The van der Waals surface area contributed by atoms with Gasteiger partial charge in [0.15, 0.2) is 0 Å². The smallest absolute Gasteiger partial charge is 0.269 e.